The van der Waals surface area contributed by atoms with Crippen molar-refractivity contribution in [3.63, 3.8) is 0 Å². The SMILES string of the molecule is C=CC(=O)N1CCN(CCc2ccc(C)c(F)c2-c2nc(C(=O)O)c(C)cc2O)CC1. The third-order valence-corrected chi connectivity index (χ3v) is 5.61. The molecule has 1 aromatic carbocycles. The molecule has 1 amide bonds. The van der Waals surface area contributed by atoms with E-state index in [4.69, 9.17) is 0 Å². The van der Waals surface area contributed by atoms with Crippen LogP contribution in [0.2, 0.25) is 0 Å². The number of amides is 1. The van der Waals surface area contributed by atoms with Crippen LogP contribution in [0.5, 0.6) is 5.75 Å². The van der Waals surface area contributed by atoms with Crippen LogP contribution in [0.1, 0.15) is 27.2 Å². The van der Waals surface area contributed by atoms with Crippen LogP contribution in [-0.2, 0) is 11.2 Å². The van der Waals surface area contributed by atoms with Gasteiger partial charge in [0.05, 0.1) is 0 Å². The molecule has 1 aliphatic rings. The smallest absolute Gasteiger partial charge is 0.354 e. The summed E-state index contributed by atoms with van der Waals surface area (Å²) in [5, 5.41) is 19.8. The van der Waals surface area contributed by atoms with Crippen molar-refractivity contribution in [3.05, 3.63) is 59.1 Å². The normalized spacial score (nSPS) is 14.5. The largest absolute Gasteiger partial charge is 0.506 e. The van der Waals surface area contributed by atoms with Gasteiger partial charge in [-0.25, -0.2) is 14.2 Å². The lowest BCUT2D eigenvalue weighted by Crippen LogP contribution is -2.48. The number of halogens is 1. The van der Waals surface area contributed by atoms with Crippen LogP contribution in [0.25, 0.3) is 11.3 Å². The average molecular weight is 427 g/mol. The van der Waals surface area contributed by atoms with E-state index in [0.717, 1.165) is 0 Å². The number of carboxylic acids is 1. The molecule has 0 unspecified atom stereocenters. The number of aromatic nitrogens is 1. The molecular formula is C23H26FN3O4. The van der Waals surface area contributed by atoms with Crippen LogP contribution in [-0.4, -0.2) is 69.6 Å². The zero-order valence-electron chi connectivity index (χ0n) is 17.7. The molecule has 2 heterocycles. The lowest BCUT2D eigenvalue weighted by molar-refractivity contribution is -0.127. The van der Waals surface area contributed by atoms with Crippen molar-refractivity contribution in [2.75, 3.05) is 32.7 Å². The van der Waals surface area contributed by atoms with Crippen LogP contribution < -0.4 is 0 Å². The number of carboxylic acid groups (broad SMARTS) is 1. The van der Waals surface area contributed by atoms with Crippen molar-refractivity contribution in [2.45, 2.75) is 20.3 Å². The van der Waals surface area contributed by atoms with Gasteiger partial charge in [-0.3, -0.25) is 9.69 Å². The zero-order valence-corrected chi connectivity index (χ0v) is 17.7. The summed E-state index contributed by atoms with van der Waals surface area (Å²) in [7, 11) is 0. The second kappa shape index (κ2) is 9.26. The van der Waals surface area contributed by atoms with Gasteiger partial charge in [-0.15, -0.1) is 0 Å². The molecule has 1 aromatic heterocycles. The van der Waals surface area contributed by atoms with Gasteiger partial charge >= 0.3 is 5.97 Å². The fourth-order valence-corrected chi connectivity index (χ4v) is 3.78. The lowest BCUT2D eigenvalue weighted by Gasteiger charge is -2.34. The number of hydrogen-bond acceptors (Lipinski definition) is 5. The van der Waals surface area contributed by atoms with Crippen molar-refractivity contribution in [1.29, 1.82) is 0 Å². The van der Waals surface area contributed by atoms with Gasteiger partial charge in [0.2, 0.25) is 5.91 Å². The van der Waals surface area contributed by atoms with Gasteiger partial charge in [0.1, 0.15) is 17.3 Å². The van der Waals surface area contributed by atoms with E-state index in [-0.39, 0.29) is 28.6 Å². The van der Waals surface area contributed by atoms with E-state index >= 15 is 4.39 Å². The maximum atomic E-state index is 15.1. The number of aromatic carboxylic acids is 1. The Morgan fingerprint density at radius 3 is 2.48 bits per heavy atom. The first kappa shape index (κ1) is 22.4. The Labute approximate surface area is 180 Å². The molecule has 0 bridgehead atoms. The summed E-state index contributed by atoms with van der Waals surface area (Å²) in [5.74, 6) is -2.11. The number of pyridine rings is 1. The zero-order chi connectivity index (χ0) is 22.7. The van der Waals surface area contributed by atoms with Gasteiger partial charge < -0.3 is 15.1 Å². The van der Waals surface area contributed by atoms with Gasteiger partial charge in [-0.2, -0.15) is 0 Å². The minimum absolute atomic E-state index is 0.0689. The van der Waals surface area contributed by atoms with E-state index in [1.54, 1.807) is 24.0 Å². The number of aryl methyl sites for hydroxylation is 2. The fourth-order valence-electron chi connectivity index (χ4n) is 3.78. The molecule has 1 saturated heterocycles. The predicted octanol–water partition coefficient (Wildman–Crippen LogP) is 2.78. The van der Waals surface area contributed by atoms with Crippen LogP contribution in [0.4, 0.5) is 4.39 Å². The van der Waals surface area contributed by atoms with Crippen molar-refractivity contribution < 1.29 is 24.2 Å². The highest BCUT2D eigenvalue weighted by Crippen LogP contribution is 2.35. The highest BCUT2D eigenvalue weighted by atomic mass is 19.1. The summed E-state index contributed by atoms with van der Waals surface area (Å²) in [5.41, 5.74) is 1.16. The van der Waals surface area contributed by atoms with Crippen LogP contribution >= 0.6 is 0 Å². The molecule has 0 saturated carbocycles. The summed E-state index contributed by atoms with van der Waals surface area (Å²) in [4.78, 5) is 31.2. The van der Waals surface area contributed by atoms with Crippen LogP contribution in [0.15, 0.2) is 30.9 Å². The Morgan fingerprint density at radius 1 is 1.19 bits per heavy atom. The first-order chi connectivity index (χ1) is 14.7. The minimum Gasteiger partial charge on any atom is -0.506 e. The Balaban J connectivity index is 1.87. The Hall–Kier alpha value is -3.26. The number of piperazine rings is 1. The molecule has 3 rings (SSSR count). The van der Waals surface area contributed by atoms with E-state index in [1.165, 1.54) is 19.1 Å². The van der Waals surface area contributed by atoms with Gasteiger partial charge in [-0.05, 0) is 49.1 Å². The first-order valence-electron chi connectivity index (χ1n) is 10.1. The minimum atomic E-state index is -1.24. The van der Waals surface area contributed by atoms with Gasteiger partial charge in [0, 0.05) is 38.3 Å². The fraction of sp³-hybridized carbons (Fsp3) is 0.348. The molecule has 0 radical (unpaired) electrons. The molecular weight excluding hydrogens is 401 g/mol. The molecule has 0 spiro atoms. The maximum Gasteiger partial charge on any atom is 0.354 e. The molecule has 1 aliphatic heterocycles. The molecule has 1 fully saturated rings. The first-order valence-corrected chi connectivity index (χ1v) is 10.1. The van der Waals surface area contributed by atoms with E-state index < -0.39 is 11.8 Å². The summed E-state index contributed by atoms with van der Waals surface area (Å²) in [6.07, 6.45) is 1.79. The number of hydrogen-bond donors (Lipinski definition) is 2. The Morgan fingerprint density at radius 2 is 1.87 bits per heavy atom. The summed E-state index contributed by atoms with van der Waals surface area (Å²) < 4.78 is 15.1. The van der Waals surface area contributed by atoms with Crippen molar-refractivity contribution in [3.8, 4) is 17.0 Å². The third-order valence-electron chi connectivity index (χ3n) is 5.61. The van der Waals surface area contributed by atoms with E-state index in [0.29, 0.717) is 55.8 Å². The third kappa shape index (κ3) is 4.74. The highest BCUT2D eigenvalue weighted by Gasteiger charge is 2.23. The van der Waals surface area contributed by atoms with E-state index in [1.807, 2.05) is 0 Å². The molecule has 0 aliphatic carbocycles. The molecule has 8 heteroatoms. The Kier molecular flexibility index (Phi) is 6.70. The van der Waals surface area contributed by atoms with Crippen LogP contribution in [0.3, 0.4) is 0 Å². The number of aromatic hydroxyl groups is 1. The highest BCUT2D eigenvalue weighted by molar-refractivity contribution is 5.89. The van der Waals surface area contributed by atoms with E-state index in [2.05, 4.69) is 16.5 Å². The summed E-state index contributed by atoms with van der Waals surface area (Å²) in [6.45, 7) is 9.87. The van der Waals surface area contributed by atoms with E-state index in [9.17, 15) is 19.8 Å². The monoisotopic (exact) mass is 427 g/mol. The quantitative estimate of drug-likeness (QED) is 0.689. The standard InChI is InChI=1S/C23H26FN3O4/c1-4-18(29)27-11-9-26(10-12-27)8-7-16-6-5-14(2)20(24)19(16)22-17(28)13-15(3)21(25-22)23(30)31/h4-6,13,28H,1,7-12H2,2-3H3,(H,30,31). The number of carbonyl (C=O) groups excluding carboxylic acids is 1. The van der Waals surface area contributed by atoms with Gasteiger partial charge in [0.15, 0.2) is 5.69 Å². The second-order valence-electron chi connectivity index (χ2n) is 7.68. The van der Waals surface area contributed by atoms with Crippen molar-refractivity contribution >= 4 is 11.9 Å². The molecule has 7 nitrogen and oxygen atoms in total. The number of carbonyl (C=O) groups is 2. The average Bonchev–Trinajstić information content (AvgIpc) is 2.75. The lowest BCUT2D eigenvalue weighted by atomic mass is 9.96. The second-order valence-corrected chi connectivity index (χ2v) is 7.68. The summed E-state index contributed by atoms with van der Waals surface area (Å²) in [6, 6.07) is 4.75. The number of nitrogens with zero attached hydrogens (tertiary/aromatic N) is 3. The summed E-state index contributed by atoms with van der Waals surface area (Å²) >= 11 is 0. The van der Waals surface area contributed by atoms with Crippen LogP contribution in [0, 0.1) is 19.7 Å². The predicted molar refractivity (Wildman–Crippen MR) is 115 cm³/mol. The topological polar surface area (TPSA) is 94.0 Å². The molecule has 2 N–H and O–H groups in total. The van der Waals surface area contributed by atoms with Crippen molar-refractivity contribution in [2.24, 2.45) is 0 Å². The molecule has 31 heavy (non-hydrogen) atoms. The molecule has 164 valence electrons. The number of benzene rings is 1. The molecule has 0 atom stereocenters. The van der Waals surface area contributed by atoms with Crippen molar-refractivity contribution in [1.82, 2.24) is 14.8 Å². The van der Waals surface area contributed by atoms with Gasteiger partial charge in [-0.1, -0.05) is 18.7 Å². The van der Waals surface area contributed by atoms with Gasteiger partial charge in [0.25, 0.3) is 0 Å². The Bertz CT molecular complexity index is 1030. The molecule has 2 aromatic rings. The number of rotatable bonds is 6. The maximum absolute atomic E-state index is 15.1.